The Bertz CT molecular complexity index is 530. The highest BCUT2D eigenvalue weighted by Gasteiger charge is 2.50. The molecule has 21 heavy (non-hydrogen) atoms. The third-order valence-electron chi connectivity index (χ3n) is 4.58. The van der Waals surface area contributed by atoms with Crippen LogP contribution in [0.4, 0.5) is 4.79 Å². The van der Waals surface area contributed by atoms with Gasteiger partial charge in [-0.1, -0.05) is 36.8 Å². The van der Waals surface area contributed by atoms with Gasteiger partial charge in [0.05, 0.1) is 0 Å². The van der Waals surface area contributed by atoms with Crippen molar-refractivity contribution in [2.75, 3.05) is 6.54 Å². The van der Waals surface area contributed by atoms with Crippen LogP contribution in [0.3, 0.4) is 0 Å². The van der Waals surface area contributed by atoms with Crippen molar-refractivity contribution in [2.24, 2.45) is 11.8 Å². The van der Waals surface area contributed by atoms with Crippen LogP contribution in [0.15, 0.2) is 30.3 Å². The number of nitrogens with zero attached hydrogens (tertiary/aromatic N) is 1. The number of carbonyl (C=O) groups excluding carboxylic acids is 1. The summed E-state index contributed by atoms with van der Waals surface area (Å²) in [5, 5.41) is 9.42. The fraction of sp³-hybridized carbons (Fsp3) is 0.500. The maximum Gasteiger partial charge on any atom is 0.410 e. The van der Waals surface area contributed by atoms with Crippen LogP contribution in [0.5, 0.6) is 0 Å². The zero-order valence-corrected chi connectivity index (χ0v) is 11.8. The van der Waals surface area contributed by atoms with Crippen LogP contribution in [0.2, 0.25) is 0 Å². The van der Waals surface area contributed by atoms with Crippen LogP contribution < -0.4 is 0 Å². The van der Waals surface area contributed by atoms with Crippen LogP contribution in [-0.4, -0.2) is 34.7 Å². The van der Waals surface area contributed by atoms with Gasteiger partial charge in [-0.2, -0.15) is 0 Å². The highest BCUT2D eigenvalue weighted by atomic mass is 16.6. The van der Waals surface area contributed by atoms with E-state index in [2.05, 4.69) is 0 Å². The molecule has 1 heterocycles. The molecule has 3 atom stereocenters. The summed E-state index contributed by atoms with van der Waals surface area (Å²) >= 11 is 0. The van der Waals surface area contributed by atoms with Gasteiger partial charge in [0.25, 0.3) is 0 Å². The first-order valence-electron chi connectivity index (χ1n) is 7.37. The second-order valence-corrected chi connectivity index (χ2v) is 5.83. The molecular weight excluding hydrogens is 270 g/mol. The Balaban J connectivity index is 1.65. The van der Waals surface area contributed by atoms with Crippen molar-refractivity contribution in [3.63, 3.8) is 0 Å². The fourth-order valence-corrected chi connectivity index (χ4v) is 3.61. The van der Waals surface area contributed by atoms with Crippen LogP contribution in [0.1, 0.15) is 24.8 Å². The van der Waals surface area contributed by atoms with Crippen LogP contribution in [0.25, 0.3) is 0 Å². The number of carbonyl (C=O) groups is 2. The predicted octanol–water partition coefficient (Wildman–Crippen LogP) is 2.51. The molecule has 112 valence electrons. The molecule has 1 aliphatic carbocycles. The number of aliphatic carboxylic acids is 1. The Hall–Kier alpha value is -2.04. The number of rotatable bonds is 3. The van der Waals surface area contributed by atoms with Gasteiger partial charge in [-0.05, 0) is 30.2 Å². The van der Waals surface area contributed by atoms with Gasteiger partial charge in [-0.25, -0.2) is 9.59 Å². The molecule has 1 aromatic rings. The van der Waals surface area contributed by atoms with Crippen LogP contribution >= 0.6 is 0 Å². The minimum atomic E-state index is -0.916. The van der Waals surface area contributed by atoms with E-state index in [0.717, 1.165) is 24.8 Å². The zero-order valence-electron chi connectivity index (χ0n) is 11.8. The van der Waals surface area contributed by atoms with E-state index in [0.29, 0.717) is 12.5 Å². The van der Waals surface area contributed by atoms with Crippen LogP contribution in [-0.2, 0) is 16.1 Å². The lowest BCUT2D eigenvalue weighted by molar-refractivity contribution is -0.143. The summed E-state index contributed by atoms with van der Waals surface area (Å²) in [4.78, 5) is 25.1. The van der Waals surface area contributed by atoms with Gasteiger partial charge in [0.2, 0.25) is 0 Å². The molecule has 5 nitrogen and oxygen atoms in total. The molecule has 3 rings (SSSR count). The van der Waals surface area contributed by atoms with Crippen molar-refractivity contribution in [1.82, 2.24) is 4.90 Å². The molecule has 0 radical (unpaired) electrons. The molecule has 2 fully saturated rings. The molecule has 0 aromatic heterocycles. The summed E-state index contributed by atoms with van der Waals surface area (Å²) in [5.41, 5.74) is 0.900. The third-order valence-corrected chi connectivity index (χ3v) is 4.58. The quantitative estimate of drug-likeness (QED) is 0.928. The number of fused-ring (bicyclic) bond motifs is 1. The highest BCUT2D eigenvalue weighted by molar-refractivity contribution is 5.81. The number of ether oxygens (including phenoxy) is 1. The summed E-state index contributed by atoms with van der Waals surface area (Å²) in [6.45, 7) is 0.688. The molecule has 1 saturated heterocycles. The van der Waals surface area contributed by atoms with Gasteiger partial charge < -0.3 is 9.84 Å². The van der Waals surface area contributed by atoms with Crippen molar-refractivity contribution in [1.29, 1.82) is 0 Å². The number of hydrogen-bond acceptors (Lipinski definition) is 3. The first-order valence-corrected chi connectivity index (χ1v) is 7.37. The van der Waals surface area contributed by atoms with Gasteiger partial charge in [-0.15, -0.1) is 0 Å². The zero-order chi connectivity index (χ0) is 14.8. The SMILES string of the molecule is O=C(O)[C@H]1[C@H]2CCC[C@H]2CN1C(=O)OCc1ccccc1. The summed E-state index contributed by atoms with van der Waals surface area (Å²) in [5.74, 6) is -0.511. The monoisotopic (exact) mass is 289 g/mol. The largest absolute Gasteiger partial charge is 0.480 e. The highest BCUT2D eigenvalue weighted by Crippen LogP contribution is 2.42. The number of carboxylic acid groups (broad SMARTS) is 1. The Morgan fingerprint density at radius 1 is 1.24 bits per heavy atom. The molecule has 0 spiro atoms. The fourth-order valence-electron chi connectivity index (χ4n) is 3.61. The van der Waals surface area contributed by atoms with E-state index in [9.17, 15) is 14.7 Å². The van der Waals surface area contributed by atoms with Gasteiger partial charge in [-0.3, -0.25) is 4.90 Å². The Kier molecular flexibility index (Phi) is 3.82. The predicted molar refractivity (Wildman–Crippen MR) is 75.6 cm³/mol. The summed E-state index contributed by atoms with van der Waals surface area (Å²) in [7, 11) is 0. The molecule has 0 bridgehead atoms. The van der Waals surface area contributed by atoms with E-state index in [1.807, 2.05) is 30.3 Å². The van der Waals surface area contributed by atoms with Gasteiger partial charge in [0, 0.05) is 6.54 Å². The average molecular weight is 289 g/mol. The molecule has 0 unspecified atom stereocenters. The summed E-state index contributed by atoms with van der Waals surface area (Å²) < 4.78 is 5.28. The minimum absolute atomic E-state index is 0.0896. The van der Waals surface area contributed by atoms with Gasteiger partial charge in [0.1, 0.15) is 12.6 Å². The van der Waals surface area contributed by atoms with E-state index in [1.165, 1.54) is 4.90 Å². The number of benzene rings is 1. The summed E-state index contributed by atoms with van der Waals surface area (Å²) in [6.07, 6.45) is 2.45. The Labute approximate surface area is 123 Å². The molecule has 1 aliphatic heterocycles. The summed E-state index contributed by atoms with van der Waals surface area (Å²) in [6, 6.07) is 8.68. The minimum Gasteiger partial charge on any atom is -0.480 e. The number of amides is 1. The molecule has 1 saturated carbocycles. The molecule has 1 N–H and O–H groups in total. The smallest absolute Gasteiger partial charge is 0.410 e. The third kappa shape index (κ3) is 2.73. The topological polar surface area (TPSA) is 66.8 Å². The second-order valence-electron chi connectivity index (χ2n) is 5.83. The molecule has 2 aliphatic rings. The van der Waals surface area contributed by atoms with Crippen molar-refractivity contribution < 1.29 is 19.4 Å². The van der Waals surface area contributed by atoms with E-state index < -0.39 is 18.1 Å². The number of carboxylic acids is 1. The van der Waals surface area contributed by atoms with Crippen molar-refractivity contribution >= 4 is 12.1 Å². The van der Waals surface area contributed by atoms with Crippen LogP contribution in [0, 0.1) is 11.8 Å². The van der Waals surface area contributed by atoms with Gasteiger partial charge >= 0.3 is 12.1 Å². The lowest BCUT2D eigenvalue weighted by Gasteiger charge is -2.23. The Morgan fingerprint density at radius 2 is 2.00 bits per heavy atom. The number of likely N-dealkylation sites (tertiary alicyclic amines) is 1. The first-order chi connectivity index (χ1) is 10.2. The molecular formula is C16H19NO4. The van der Waals surface area contributed by atoms with E-state index in [4.69, 9.17) is 4.74 Å². The molecule has 5 heteroatoms. The van der Waals surface area contributed by atoms with Crippen molar-refractivity contribution in [3.8, 4) is 0 Å². The molecule has 1 amide bonds. The van der Waals surface area contributed by atoms with Crippen molar-refractivity contribution in [3.05, 3.63) is 35.9 Å². The van der Waals surface area contributed by atoms with E-state index in [1.54, 1.807) is 0 Å². The van der Waals surface area contributed by atoms with E-state index >= 15 is 0 Å². The first kappa shape index (κ1) is 13.9. The average Bonchev–Trinajstić information content (AvgIpc) is 3.05. The maximum absolute atomic E-state index is 12.2. The normalized spacial score (nSPS) is 27.4. The standard InChI is InChI=1S/C16H19NO4/c18-15(19)14-13-8-4-7-12(13)9-17(14)16(20)21-10-11-5-2-1-3-6-11/h1-3,5-6,12-14H,4,7-10H2,(H,18,19)/t12-,13-,14+/m0/s1. The van der Waals surface area contributed by atoms with Gasteiger partial charge in [0.15, 0.2) is 0 Å². The van der Waals surface area contributed by atoms with E-state index in [-0.39, 0.29) is 12.5 Å². The molecule has 1 aromatic carbocycles. The van der Waals surface area contributed by atoms with Crippen molar-refractivity contribution in [2.45, 2.75) is 31.9 Å². The number of hydrogen-bond donors (Lipinski definition) is 1. The Morgan fingerprint density at radius 3 is 2.71 bits per heavy atom. The lowest BCUT2D eigenvalue weighted by atomic mass is 9.94. The second kappa shape index (κ2) is 5.76. The lowest BCUT2D eigenvalue weighted by Crippen LogP contribution is -2.43. The maximum atomic E-state index is 12.2.